The van der Waals surface area contributed by atoms with Crippen molar-refractivity contribution >= 4 is 39.1 Å². The normalized spacial score (nSPS) is 12.1. The van der Waals surface area contributed by atoms with Crippen LogP contribution in [-0.4, -0.2) is 44.3 Å². The second-order valence-corrected chi connectivity index (χ2v) is 11.5. The van der Waals surface area contributed by atoms with E-state index in [0.29, 0.717) is 22.8 Å². The summed E-state index contributed by atoms with van der Waals surface area (Å²) >= 11 is 6.36. The Labute approximate surface area is 230 Å². The van der Waals surface area contributed by atoms with Crippen molar-refractivity contribution in [1.82, 2.24) is 10.2 Å². The molecular formula is C29H34ClN3O4S. The highest BCUT2D eigenvalue weighted by Crippen LogP contribution is 2.31. The number of halogens is 1. The van der Waals surface area contributed by atoms with Crippen LogP contribution < -0.4 is 9.62 Å². The van der Waals surface area contributed by atoms with Crippen molar-refractivity contribution < 1.29 is 18.0 Å². The van der Waals surface area contributed by atoms with Crippen LogP contribution in [0.4, 0.5) is 5.69 Å². The van der Waals surface area contributed by atoms with Gasteiger partial charge in [0.2, 0.25) is 11.8 Å². The van der Waals surface area contributed by atoms with Gasteiger partial charge in [0.05, 0.1) is 10.6 Å². The molecule has 202 valence electrons. The molecule has 0 bridgehead atoms. The van der Waals surface area contributed by atoms with Crippen molar-refractivity contribution in [1.29, 1.82) is 0 Å². The van der Waals surface area contributed by atoms with Gasteiger partial charge >= 0.3 is 0 Å². The number of rotatable bonds is 10. The molecule has 3 rings (SSSR count). The summed E-state index contributed by atoms with van der Waals surface area (Å²) in [7, 11) is -4.15. The number of benzene rings is 3. The quantitative estimate of drug-likeness (QED) is 0.381. The molecule has 38 heavy (non-hydrogen) atoms. The van der Waals surface area contributed by atoms with Crippen molar-refractivity contribution in [2.45, 2.75) is 52.1 Å². The molecule has 0 aliphatic heterocycles. The fraction of sp³-hybridized carbons (Fsp3) is 0.310. The number of hydrogen-bond acceptors (Lipinski definition) is 4. The third-order valence-electron chi connectivity index (χ3n) is 6.52. The number of carbonyl (C=O) groups is 2. The Hall–Kier alpha value is -3.36. The Morgan fingerprint density at radius 3 is 2.24 bits per heavy atom. The van der Waals surface area contributed by atoms with Crippen LogP contribution in [0.1, 0.15) is 36.1 Å². The molecular weight excluding hydrogens is 522 g/mol. The Balaban J connectivity index is 2.09. The summed E-state index contributed by atoms with van der Waals surface area (Å²) in [5.41, 5.74) is 3.56. The number of nitrogens with zero attached hydrogens (tertiary/aromatic N) is 2. The number of carbonyl (C=O) groups excluding carboxylic acids is 2. The molecule has 0 fully saturated rings. The number of anilines is 1. The zero-order chi connectivity index (χ0) is 28.0. The van der Waals surface area contributed by atoms with E-state index in [0.717, 1.165) is 21.0 Å². The Morgan fingerprint density at radius 1 is 0.947 bits per heavy atom. The van der Waals surface area contributed by atoms with E-state index in [1.807, 2.05) is 38.1 Å². The third-order valence-corrected chi connectivity index (χ3v) is 8.70. The smallest absolute Gasteiger partial charge is 0.264 e. The maximum Gasteiger partial charge on any atom is 0.264 e. The van der Waals surface area contributed by atoms with Gasteiger partial charge in [-0.3, -0.25) is 13.9 Å². The van der Waals surface area contributed by atoms with E-state index >= 15 is 0 Å². The summed E-state index contributed by atoms with van der Waals surface area (Å²) in [6.07, 6.45) is 0. The second-order valence-electron chi connectivity index (χ2n) is 9.23. The van der Waals surface area contributed by atoms with Crippen molar-refractivity contribution in [3.63, 3.8) is 0 Å². The van der Waals surface area contributed by atoms with E-state index in [-0.39, 0.29) is 17.3 Å². The summed E-state index contributed by atoms with van der Waals surface area (Å²) in [4.78, 5) is 28.2. The minimum absolute atomic E-state index is 0.0532. The highest BCUT2D eigenvalue weighted by Gasteiger charge is 2.33. The molecule has 0 heterocycles. The predicted molar refractivity (Wildman–Crippen MR) is 152 cm³/mol. The number of likely N-dealkylation sites (N-methyl/N-ethyl adjacent to an activating group) is 1. The van der Waals surface area contributed by atoms with Gasteiger partial charge in [-0.2, -0.15) is 0 Å². The predicted octanol–water partition coefficient (Wildman–Crippen LogP) is 5.01. The highest BCUT2D eigenvalue weighted by molar-refractivity contribution is 7.92. The van der Waals surface area contributed by atoms with Crippen LogP contribution >= 0.6 is 11.6 Å². The molecule has 0 spiro atoms. The van der Waals surface area contributed by atoms with Crippen molar-refractivity contribution in [2.24, 2.45) is 0 Å². The van der Waals surface area contributed by atoms with E-state index < -0.39 is 28.5 Å². The van der Waals surface area contributed by atoms with Crippen LogP contribution in [0.25, 0.3) is 0 Å². The van der Waals surface area contributed by atoms with Gasteiger partial charge in [-0.25, -0.2) is 8.42 Å². The lowest BCUT2D eigenvalue weighted by Crippen LogP contribution is -2.51. The first-order valence-electron chi connectivity index (χ1n) is 12.4. The van der Waals surface area contributed by atoms with Gasteiger partial charge in [-0.05, 0) is 75.6 Å². The summed E-state index contributed by atoms with van der Waals surface area (Å²) in [5, 5.41) is 3.14. The van der Waals surface area contributed by atoms with Crippen LogP contribution in [0.5, 0.6) is 0 Å². The number of hydrogen-bond donors (Lipinski definition) is 1. The summed E-state index contributed by atoms with van der Waals surface area (Å²) in [6.45, 7) is 9.00. The minimum Gasteiger partial charge on any atom is -0.355 e. The van der Waals surface area contributed by atoms with Crippen molar-refractivity contribution in [3.05, 3.63) is 94.0 Å². The third kappa shape index (κ3) is 6.55. The number of nitrogens with one attached hydrogen (secondary N) is 1. The maximum absolute atomic E-state index is 13.9. The minimum atomic E-state index is -4.15. The van der Waals surface area contributed by atoms with Crippen LogP contribution in [0.2, 0.25) is 5.02 Å². The first kappa shape index (κ1) is 29.2. The van der Waals surface area contributed by atoms with Gasteiger partial charge in [0.1, 0.15) is 12.6 Å². The fourth-order valence-electron chi connectivity index (χ4n) is 4.09. The molecule has 0 radical (unpaired) electrons. The van der Waals surface area contributed by atoms with Crippen LogP contribution in [-0.2, 0) is 26.2 Å². The molecule has 3 aromatic carbocycles. The van der Waals surface area contributed by atoms with Gasteiger partial charge in [-0.15, -0.1) is 0 Å². The maximum atomic E-state index is 13.9. The monoisotopic (exact) mass is 555 g/mol. The molecule has 9 heteroatoms. The molecule has 3 aromatic rings. The van der Waals surface area contributed by atoms with Crippen LogP contribution in [0.3, 0.4) is 0 Å². The van der Waals surface area contributed by atoms with Crippen molar-refractivity contribution in [3.8, 4) is 0 Å². The molecule has 2 amide bonds. The lowest BCUT2D eigenvalue weighted by Gasteiger charge is -2.32. The highest BCUT2D eigenvalue weighted by atomic mass is 35.5. The molecule has 1 atom stereocenters. The van der Waals surface area contributed by atoms with Crippen LogP contribution in [0, 0.1) is 20.8 Å². The molecule has 1 N–H and O–H groups in total. The lowest BCUT2D eigenvalue weighted by atomic mass is 10.1. The van der Waals surface area contributed by atoms with Gasteiger partial charge in [-0.1, -0.05) is 59.6 Å². The number of amides is 2. The SMILES string of the molecule is CCNC(=O)[C@@H](C)N(Cc1ccccc1C)C(=O)CN(c1cccc(Cl)c1C)S(=O)(=O)c1ccc(C)cc1. The van der Waals surface area contributed by atoms with E-state index in [2.05, 4.69) is 5.32 Å². The lowest BCUT2D eigenvalue weighted by molar-refractivity contribution is -0.139. The summed E-state index contributed by atoms with van der Waals surface area (Å²) in [5.74, 6) is -0.830. The summed E-state index contributed by atoms with van der Waals surface area (Å²) < 4.78 is 28.9. The van der Waals surface area contributed by atoms with Gasteiger partial charge in [0.15, 0.2) is 0 Å². The Bertz CT molecular complexity index is 1410. The molecule has 0 saturated heterocycles. The van der Waals surface area contributed by atoms with E-state index in [1.54, 1.807) is 51.1 Å². The number of sulfonamides is 1. The number of aryl methyl sites for hydroxylation is 2. The molecule has 0 aliphatic carbocycles. The first-order chi connectivity index (χ1) is 18.0. The topological polar surface area (TPSA) is 86.8 Å². The summed E-state index contributed by atoms with van der Waals surface area (Å²) in [6, 6.07) is 18.1. The van der Waals surface area contributed by atoms with E-state index in [4.69, 9.17) is 11.6 Å². The van der Waals surface area contributed by atoms with Gasteiger partial charge in [0, 0.05) is 18.1 Å². The average Bonchev–Trinajstić information content (AvgIpc) is 2.88. The Morgan fingerprint density at radius 2 is 1.61 bits per heavy atom. The molecule has 7 nitrogen and oxygen atoms in total. The molecule has 0 aromatic heterocycles. The van der Waals surface area contributed by atoms with Gasteiger partial charge in [0.25, 0.3) is 10.0 Å². The van der Waals surface area contributed by atoms with Crippen LogP contribution in [0.15, 0.2) is 71.6 Å². The molecule has 0 saturated carbocycles. The molecule has 0 unspecified atom stereocenters. The standard InChI is InChI=1S/C29H34ClN3O4S/c1-6-31-29(35)23(5)32(18-24-11-8-7-10-21(24)3)28(34)19-33(27-13-9-12-26(30)22(27)4)38(36,37)25-16-14-20(2)15-17-25/h7-17,23H,6,18-19H2,1-5H3,(H,31,35)/t23-/m1/s1. The second kappa shape index (κ2) is 12.5. The molecule has 0 aliphatic rings. The largest absolute Gasteiger partial charge is 0.355 e. The van der Waals surface area contributed by atoms with Crippen molar-refractivity contribution in [2.75, 3.05) is 17.4 Å². The zero-order valence-electron chi connectivity index (χ0n) is 22.4. The zero-order valence-corrected chi connectivity index (χ0v) is 23.9. The fourth-order valence-corrected chi connectivity index (χ4v) is 5.73. The van der Waals surface area contributed by atoms with Gasteiger partial charge < -0.3 is 10.2 Å². The Kier molecular flexibility index (Phi) is 9.57. The van der Waals surface area contributed by atoms with E-state index in [1.165, 1.54) is 17.0 Å². The average molecular weight is 556 g/mol. The first-order valence-corrected chi connectivity index (χ1v) is 14.2. The van der Waals surface area contributed by atoms with E-state index in [9.17, 15) is 18.0 Å².